The molecule has 29 heavy (non-hydrogen) atoms. The molecule has 0 aliphatic rings. The van der Waals surface area contributed by atoms with Gasteiger partial charge in [-0.3, -0.25) is 4.79 Å². The summed E-state index contributed by atoms with van der Waals surface area (Å²) in [6.07, 6.45) is -0.234. The maximum Gasteiger partial charge on any atom is 0.313 e. The van der Waals surface area contributed by atoms with Gasteiger partial charge in [-0.25, -0.2) is 13.2 Å². The maximum atomic E-state index is 13.4. The van der Waals surface area contributed by atoms with Crippen molar-refractivity contribution in [3.05, 3.63) is 29.6 Å². The highest BCUT2D eigenvalue weighted by molar-refractivity contribution is 5.72. The Morgan fingerprint density at radius 3 is 1.86 bits per heavy atom. The molecule has 1 rings (SSSR count). The fraction of sp³-hybridized carbons (Fsp3) is 0.588. The van der Waals surface area contributed by atoms with Gasteiger partial charge in [-0.2, -0.15) is 0 Å². The van der Waals surface area contributed by atoms with E-state index in [2.05, 4.69) is 14.8 Å². The molecule has 1 aromatic rings. The predicted octanol–water partition coefficient (Wildman–Crippen LogP) is 2.02. The van der Waals surface area contributed by atoms with E-state index in [4.69, 9.17) is 24.5 Å². The first-order chi connectivity index (χ1) is 14.0. The molecule has 1 N–H and O–H groups in total. The van der Waals surface area contributed by atoms with Crippen LogP contribution in [0, 0.1) is 23.0 Å². The van der Waals surface area contributed by atoms with Gasteiger partial charge >= 0.3 is 5.97 Å². The van der Waals surface area contributed by atoms with Gasteiger partial charge in [0.15, 0.2) is 11.6 Å². The van der Waals surface area contributed by atoms with Crippen LogP contribution in [0.25, 0.3) is 0 Å². The summed E-state index contributed by atoms with van der Waals surface area (Å²) < 4.78 is 64.8. The first-order valence-corrected chi connectivity index (χ1v) is 8.74. The number of ether oxygens (including phenoxy) is 5. The number of nitrogens with zero attached hydrogens (tertiary/aromatic N) is 2. The largest absolute Gasteiger partial charge is 0.420 e. The van der Waals surface area contributed by atoms with Gasteiger partial charge in [0.25, 0.3) is 0 Å². The lowest BCUT2D eigenvalue weighted by Crippen LogP contribution is -2.15. The Morgan fingerprint density at radius 2 is 1.34 bits per heavy atom. The fourth-order valence-corrected chi connectivity index (χ4v) is 1.86. The third-order valence-electron chi connectivity index (χ3n) is 3.15. The molecule has 0 saturated heterocycles. The number of hydrogen-bond acceptors (Lipinski definition) is 8. The first-order valence-electron chi connectivity index (χ1n) is 8.74. The van der Waals surface area contributed by atoms with Crippen LogP contribution in [0.2, 0.25) is 0 Å². The minimum Gasteiger partial charge on any atom is -0.420 e. The van der Waals surface area contributed by atoms with Crippen LogP contribution in [0.3, 0.4) is 0 Å². The lowest BCUT2D eigenvalue weighted by molar-refractivity contribution is -0.136. The molecule has 0 bridgehead atoms. The number of carbonyl (C=O) groups is 1. The molecule has 9 nitrogen and oxygen atoms in total. The van der Waals surface area contributed by atoms with Gasteiger partial charge in [-0.15, -0.1) is 0 Å². The molecular formula is C17H23F3N3O6+. The van der Waals surface area contributed by atoms with E-state index in [0.717, 1.165) is 0 Å². The summed E-state index contributed by atoms with van der Waals surface area (Å²) in [7, 11) is 0. The van der Waals surface area contributed by atoms with Crippen LogP contribution in [-0.2, 0) is 23.7 Å². The minimum absolute atomic E-state index is 0.0275. The van der Waals surface area contributed by atoms with E-state index in [9.17, 15) is 18.0 Å². The van der Waals surface area contributed by atoms with Crippen molar-refractivity contribution in [1.29, 1.82) is 5.53 Å². The van der Waals surface area contributed by atoms with Gasteiger partial charge < -0.3 is 23.7 Å². The van der Waals surface area contributed by atoms with Crippen LogP contribution < -0.4 is 9.65 Å². The molecule has 0 aromatic heterocycles. The summed E-state index contributed by atoms with van der Waals surface area (Å²) in [5.41, 5.74) is 6.45. The van der Waals surface area contributed by atoms with Crippen molar-refractivity contribution in [2.45, 2.75) is 6.42 Å². The van der Waals surface area contributed by atoms with Crippen LogP contribution >= 0.6 is 0 Å². The van der Waals surface area contributed by atoms with Gasteiger partial charge in [0.2, 0.25) is 10.7 Å². The number of benzene rings is 1. The molecule has 12 heteroatoms. The second kappa shape index (κ2) is 15.5. The zero-order valence-electron chi connectivity index (χ0n) is 15.7. The predicted molar refractivity (Wildman–Crippen MR) is 92.0 cm³/mol. The second-order valence-electron chi connectivity index (χ2n) is 5.34. The van der Waals surface area contributed by atoms with Gasteiger partial charge in [0.05, 0.1) is 59.3 Å². The lowest BCUT2D eigenvalue weighted by Gasteiger charge is -2.08. The molecule has 0 amide bonds. The minimum atomic E-state index is -1.30. The van der Waals surface area contributed by atoms with Gasteiger partial charge in [-0.05, 0) is 0 Å². The molecule has 0 radical (unpaired) electrons. The first kappa shape index (κ1) is 24.7. The van der Waals surface area contributed by atoms with Crippen molar-refractivity contribution in [3.63, 3.8) is 0 Å². The molecule has 0 fully saturated rings. The summed E-state index contributed by atoms with van der Waals surface area (Å²) in [6.45, 7) is 2.69. The van der Waals surface area contributed by atoms with Crippen LogP contribution in [0.4, 0.5) is 13.2 Å². The molecular weight excluding hydrogens is 399 g/mol. The van der Waals surface area contributed by atoms with E-state index in [-0.39, 0.29) is 26.2 Å². The zero-order valence-corrected chi connectivity index (χ0v) is 15.7. The lowest BCUT2D eigenvalue weighted by atomic mass is 10.3. The average Bonchev–Trinajstić information content (AvgIpc) is 2.67. The molecule has 0 heterocycles. The molecule has 162 valence electrons. The van der Waals surface area contributed by atoms with Crippen LogP contribution in [0.15, 0.2) is 17.2 Å². The summed E-state index contributed by atoms with van der Waals surface area (Å²) in [5.74, 6) is -5.55. The molecule has 0 aliphatic carbocycles. The van der Waals surface area contributed by atoms with Crippen molar-refractivity contribution in [2.24, 2.45) is 5.11 Å². The van der Waals surface area contributed by atoms with Gasteiger partial charge in [0, 0.05) is 12.1 Å². The van der Waals surface area contributed by atoms with Gasteiger partial charge in [0.1, 0.15) is 23.0 Å². The summed E-state index contributed by atoms with van der Waals surface area (Å²) in [5, 5.41) is 3.42. The molecule has 0 aliphatic heterocycles. The number of hydrogen-bond donors (Lipinski definition) is 1. The van der Waals surface area contributed by atoms with Crippen molar-refractivity contribution in [3.8, 4) is 5.75 Å². The number of halogens is 3. The standard InChI is InChI=1S/C17H23F3N3O6/c18-13-11-14(19)17(15(20)12-13)29-16(24)1-3-25-5-7-27-9-10-28-8-6-26-4-2-22-23-21/h11-12,21H,1-10H2/q+1. The third-order valence-corrected chi connectivity index (χ3v) is 3.15. The number of esters is 1. The number of carbonyl (C=O) groups excluding carboxylic acids is 1. The van der Waals surface area contributed by atoms with E-state index >= 15 is 0 Å². The molecule has 0 saturated carbocycles. The highest BCUT2D eigenvalue weighted by atomic mass is 19.1. The Morgan fingerprint density at radius 1 is 0.862 bits per heavy atom. The molecule has 0 spiro atoms. The topological polar surface area (TPSA) is 114 Å². The van der Waals surface area contributed by atoms with E-state index in [1.54, 1.807) is 0 Å². The Bertz CT molecular complexity index is 651. The molecule has 1 aromatic carbocycles. The van der Waals surface area contributed by atoms with Crippen molar-refractivity contribution >= 4 is 5.97 Å². The molecule has 0 atom stereocenters. The summed E-state index contributed by atoms with van der Waals surface area (Å²) in [6, 6.07) is 0.842. The van der Waals surface area contributed by atoms with Gasteiger partial charge in [-0.1, -0.05) is 0 Å². The third kappa shape index (κ3) is 11.9. The van der Waals surface area contributed by atoms with E-state index in [1.807, 2.05) is 0 Å². The Balaban J connectivity index is 1.94. The van der Waals surface area contributed by atoms with Crippen LogP contribution in [0.1, 0.15) is 6.42 Å². The summed E-state index contributed by atoms with van der Waals surface area (Å²) in [4.78, 5) is 14.4. The van der Waals surface area contributed by atoms with E-state index in [0.29, 0.717) is 51.7 Å². The zero-order chi connectivity index (χ0) is 21.3. The maximum absolute atomic E-state index is 13.4. The smallest absolute Gasteiger partial charge is 0.313 e. The number of nitrogens with one attached hydrogen (secondary N) is 1. The Kier molecular flexibility index (Phi) is 13.2. The molecule has 0 unspecified atom stereocenters. The summed E-state index contributed by atoms with van der Waals surface area (Å²) >= 11 is 0. The Hall–Kier alpha value is -2.37. The number of rotatable bonds is 16. The second-order valence-corrected chi connectivity index (χ2v) is 5.34. The monoisotopic (exact) mass is 422 g/mol. The van der Waals surface area contributed by atoms with E-state index < -0.39 is 29.2 Å². The van der Waals surface area contributed by atoms with E-state index in [1.165, 1.54) is 0 Å². The van der Waals surface area contributed by atoms with Crippen molar-refractivity contribution < 1.29 is 41.7 Å². The normalized spacial score (nSPS) is 10.6. The average molecular weight is 422 g/mol. The Labute approximate surface area is 165 Å². The van der Waals surface area contributed by atoms with Crippen LogP contribution in [0.5, 0.6) is 5.75 Å². The fourth-order valence-electron chi connectivity index (χ4n) is 1.86. The highest BCUT2D eigenvalue weighted by Gasteiger charge is 2.16. The SMILES string of the molecule is N=[N+]=NCCOCCOCCOCCOCCC(=O)Oc1c(F)cc(F)cc1F. The van der Waals surface area contributed by atoms with Crippen LogP contribution in [-0.4, -0.2) is 65.4 Å². The quantitative estimate of drug-likeness (QED) is 0.143. The van der Waals surface area contributed by atoms with Crippen molar-refractivity contribution in [1.82, 2.24) is 4.91 Å². The highest BCUT2D eigenvalue weighted by Crippen LogP contribution is 2.23. The van der Waals surface area contributed by atoms with Crippen molar-refractivity contribution in [2.75, 3.05) is 59.4 Å².